The first kappa shape index (κ1) is 25.0. The van der Waals surface area contributed by atoms with Crippen LogP contribution in [0, 0.1) is 0 Å². The predicted octanol–water partition coefficient (Wildman–Crippen LogP) is 4.88. The first-order valence-electron chi connectivity index (χ1n) is 11.0. The van der Waals surface area contributed by atoms with Crippen molar-refractivity contribution in [1.82, 2.24) is 15.3 Å². The summed E-state index contributed by atoms with van der Waals surface area (Å²) in [6.07, 6.45) is 3.68. The molecule has 2 aromatic carbocycles. The molecule has 1 aliphatic rings. The maximum atomic E-state index is 11.9. The van der Waals surface area contributed by atoms with E-state index in [-0.39, 0.29) is 24.1 Å². The first-order valence-corrected chi connectivity index (χ1v) is 11.8. The number of ether oxygens (including phenoxy) is 3. The molecule has 1 fully saturated rings. The molecule has 10 heteroatoms. The lowest BCUT2D eigenvalue weighted by Gasteiger charge is -2.35. The Bertz CT molecular complexity index is 1240. The normalized spacial score (nSPS) is 19.7. The quantitative estimate of drug-likeness (QED) is 0.432. The minimum absolute atomic E-state index is 0.0352. The second kappa shape index (κ2) is 10.7. The van der Waals surface area contributed by atoms with Gasteiger partial charge in [-0.25, -0.2) is 9.97 Å². The van der Waals surface area contributed by atoms with Crippen LogP contribution in [-0.4, -0.2) is 54.9 Å². The molecule has 2 N–H and O–H groups in total. The molecule has 1 saturated heterocycles. The smallest absolute Gasteiger partial charge is 0.243 e. The molecule has 1 aliphatic heterocycles. The molecule has 8 nitrogen and oxygen atoms in total. The highest BCUT2D eigenvalue weighted by atomic mass is 35.5. The number of hydrogen-bond donors (Lipinski definition) is 2. The minimum atomic E-state index is -0.227. The zero-order valence-corrected chi connectivity index (χ0v) is 21.1. The topological polar surface area (TPSA) is 94.6 Å². The largest absolute Gasteiger partial charge is 0.495 e. The number of anilines is 1. The van der Waals surface area contributed by atoms with E-state index in [4.69, 9.17) is 37.4 Å². The third-order valence-electron chi connectivity index (χ3n) is 5.90. The van der Waals surface area contributed by atoms with Crippen LogP contribution in [0.1, 0.15) is 13.3 Å². The molecule has 184 valence electrons. The average molecular weight is 517 g/mol. The van der Waals surface area contributed by atoms with Crippen molar-refractivity contribution in [3.8, 4) is 22.6 Å². The second-order valence-corrected chi connectivity index (χ2v) is 8.96. The maximum absolute atomic E-state index is 11.9. The Balaban J connectivity index is 1.63. The van der Waals surface area contributed by atoms with Crippen molar-refractivity contribution in [3.05, 3.63) is 53.2 Å². The monoisotopic (exact) mass is 516 g/mol. The van der Waals surface area contributed by atoms with Crippen LogP contribution in [0.4, 0.5) is 5.95 Å². The molecule has 1 aromatic heterocycles. The Morgan fingerprint density at radius 2 is 1.89 bits per heavy atom. The minimum Gasteiger partial charge on any atom is -0.495 e. The van der Waals surface area contributed by atoms with Gasteiger partial charge in [-0.15, -0.1) is 0 Å². The van der Waals surface area contributed by atoms with Crippen LogP contribution in [0.25, 0.3) is 22.0 Å². The van der Waals surface area contributed by atoms with Crippen LogP contribution < -0.4 is 20.1 Å². The molecule has 3 atom stereocenters. The molecule has 0 aliphatic carbocycles. The van der Waals surface area contributed by atoms with Crippen LogP contribution in [0.2, 0.25) is 10.0 Å². The van der Waals surface area contributed by atoms with Crippen molar-refractivity contribution in [1.29, 1.82) is 0 Å². The van der Waals surface area contributed by atoms with Crippen LogP contribution >= 0.6 is 23.2 Å². The number of hydrogen-bond acceptors (Lipinski definition) is 7. The van der Waals surface area contributed by atoms with Gasteiger partial charge in [-0.05, 0) is 37.1 Å². The van der Waals surface area contributed by atoms with Gasteiger partial charge >= 0.3 is 0 Å². The van der Waals surface area contributed by atoms with Gasteiger partial charge in [-0.2, -0.15) is 0 Å². The molecule has 1 amide bonds. The van der Waals surface area contributed by atoms with Crippen LogP contribution in [0.15, 0.2) is 43.1 Å². The predicted molar refractivity (Wildman–Crippen MR) is 138 cm³/mol. The maximum Gasteiger partial charge on any atom is 0.243 e. The molecular weight excluding hydrogens is 491 g/mol. The molecule has 4 rings (SSSR count). The Morgan fingerprint density at radius 3 is 2.54 bits per heavy atom. The summed E-state index contributed by atoms with van der Waals surface area (Å²) >= 11 is 13.2. The first-order chi connectivity index (χ1) is 16.8. The number of amides is 1. The van der Waals surface area contributed by atoms with Gasteiger partial charge in [0.2, 0.25) is 11.9 Å². The molecule has 0 spiro atoms. The van der Waals surface area contributed by atoms with Crippen LogP contribution in [0.3, 0.4) is 0 Å². The molecule has 0 unspecified atom stereocenters. The van der Waals surface area contributed by atoms with Gasteiger partial charge in [0.05, 0.1) is 54.6 Å². The van der Waals surface area contributed by atoms with Crippen molar-refractivity contribution >= 4 is 46.0 Å². The van der Waals surface area contributed by atoms with Crippen molar-refractivity contribution in [2.24, 2.45) is 0 Å². The highest BCUT2D eigenvalue weighted by Gasteiger charge is 2.30. The summed E-state index contributed by atoms with van der Waals surface area (Å²) in [7, 11) is 3.07. The zero-order valence-electron chi connectivity index (χ0n) is 19.6. The number of benzene rings is 2. The summed E-state index contributed by atoms with van der Waals surface area (Å²) < 4.78 is 16.5. The summed E-state index contributed by atoms with van der Waals surface area (Å²) in [5, 5.41) is 7.83. The molecule has 3 aromatic rings. The van der Waals surface area contributed by atoms with Gasteiger partial charge < -0.3 is 24.8 Å². The van der Waals surface area contributed by atoms with Crippen molar-refractivity contribution in [3.63, 3.8) is 0 Å². The van der Waals surface area contributed by atoms with Gasteiger partial charge in [-0.3, -0.25) is 4.79 Å². The second-order valence-electron chi connectivity index (χ2n) is 8.20. The fourth-order valence-corrected chi connectivity index (χ4v) is 4.80. The Morgan fingerprint density at radius 1 is 1.17 bits per heavy atom. The van der Waals surface area contributed by atoms with Crippen molar-refractivity contribution < 1.29 is 19.0 Å². The molecule has 0 radical (unpaired) electrons. The van der Waals surface area contributed by atoms with Gasteiger partial charge in [-0.1, -0.05) is 35.8 Å². The summed E-state index contributed by atoms with van der Waals surface area (Å²) in [6, 6.07) is 6.98. The number of nitrogens with one attached hydrogen (secondary N) is 2. The van der Waals surface area contributed by atoms with E-state index in [9.17, 15) is 4.79 Å². The van der Waals surface area contributed by atoms with Gasteiger partial charge in [0.1, 0.15) is 11.5 Å². The Kier molecular flexibility index (Phi) is 7.64. The van der Waals surface area contributed by atoms with E-state index in [1.54, 1.807) is 12.3 Å². The van der Waals surface area contributed by atoms with Crippen LogP contribution in [-0.2, 0) is 9.53 Å². The molecular formula is C25H26Cl2N4O4. The summed E-state index contributed by atoms with van der Waals surface area (Å²) in [5.41, 5.74) is 2.10. The number of nitrogens with zero attached hydrogens (tertiary/aromatic N) is 2. The van der Waals surface area contributed by atoms with E-state index in [1.807, 2.05) is 25.1 Å². The van der Waals surface area contributed by atoms with E-state index in [1.165, 1.54) is 20.3 Å². The third kappa shape index (κ3) is 5.29. The van der Waals surface area contributed by atoms with E-state index >= 15 is 0 Å². The standard InChI is InChI=1S/C25H26Cl2N4O4/c1-5-21(32)29-17-8-13(2)35-12-18(17)31-25-28-11-15-9-14(6-7-16(15)30-25)22-23(26)19(33-3)10-20(34-4)24(22)27/h5-7,9-11,13,17-18H,1,8,12H2,2-4H3,(H,29,32)(H,28,30,31)/t13-,17-,18+/m0/s1. The highest BCUT2D eigenvalue weighted by Crippen LogP contribution is 2.46. The Labute approximate surface area is 213 Å². The summed E-state index contributed by atoms with van der Waals surface area (Å²) in [5.74, 6) is 1.13. The number of rotatable bonds is 7. The number of methoxy groups -OCH3 is 2. The zero-order chi connectivity index (χ0) is 25.1. The fourth-order valence-electron chi connectivity index (χ4n) is 4.08. The van der Waals surface area contributed by atoms with E-state index < -0.39 is 0 Å². The van der Waals surface area contributed by atoms with Crippen LogP contribution in [0.5, 0.6) is 11.5 Å². The molecule has 35 heavy (non-hydrogen) atoms. The average Bonchev–Trinajstić information content (AvgIpc) is 2.86. The lowest BCUT2D eigenvalue weighted by atomic mass is 9.99. The van der Waals surface area contributed by atoms with Gasteiger partial charge in [0.25, 0.3) is 0 Å². The molecule has 0 saturated carbocycles. The number of carbonyl (C=O) groups is 1. The summed E-state index contributed by atoms with van der Waals surface area (Å²) in [6.45, 7) is 5.92. The number of fused-ring (bicyclic) bond motifs is 1. The number of halogens is 2. The fraction of sp³-hybridized carbons (Fsp3) is 0.320. The molecule has 0 bridgehead atoms. The van der Waals surface area contributed by atoms with Crippen molar-refractivity contribution in [2.45, 2.75) is 31.5 Å². The van der Waals surface area contributed by atoms with E-state index in [0.29, 0.717) is 46.1 Å². The lowest BCUT2D eigenvalue weighted by molar-refractivity contribution is -0.118. The van der Waals surface area contributed by atoms with E-state index in [0.717, 1.165) is 16.5 Å². The highest BCUT2D eigenvalue weighted by molar-refractivity contribution is 6.41. The van der Waals surface area contributed by atoms with E-state index in [2.05, 4.69) is 27.2 Å². The van der Waals surface area contributed by atoms with Crippen molar-refractivity contribution in [2.75, 3.05) is 26.1 Å². The number of carbonyl (C=O) groups excluding carboxylic acids is 1. The lowest BCUT2D eigenvalue weighted by Crippen LogP contribution is -2.53. The van der Waals surface area contributed by atoms with Gasteiger partial charge in [0.15, 0.2) is 0 Å². The van der Waals surface area contributed by atoms with Gasteiger partial charge in [0, 0.05) is 23.2 Å². The summed E-state index contributed by atoms with van der Waals surface area (Å²) in [4.78, 5) is 21.0. The SMILES string of the molecule is C=CC(=O)N[C@H]1C[C@H](C)OC[C@H]1Nc1ncc2cc(-c3c(Cl)c(OC)cc(OC)c3Cl)ccc2n1. The molecule has 2 heterocycles. The Hall–Kier alpha value is -3.07. The number of aromatic nitrogens is 2. The third-order valence-corrected chi connectivity index (χ3v) is 6.65.